The fourth-order valence-electron chi connectivity index (χ4n) is 4.79. The van der Waals surface area contributed by atoms with E-state index in [1.165, 1.54) is 11.1 Å². The highest BCUT2D eigenvalue weighted by Gasteiger charge is 2.24. The van der Waals surface area contributed by atoms with E-state index in [0.717, 1.165) is 54.2 Å². The van der Waals surface area contributed by atoms with Crippen LogP contribution in [-0.2, 0) is 43.6 Å². The van der Waals surface area contributed by atoms with Crippen molar-refractivity contribution < 1.29 is 4.79 Å². The lowest BCUT2D eigenvalue weighted by molar-refractivity contribution is -0.132. The molecular formula is C26H31N9O. The Morgan fingerprint density at radius 3 is 2.72 bits per heavy atom. The first kappa shape index (κ1) is 23.7. The van der Waals surface area contributed by atoms with Crippen LogP contribution in [0.5, 0.6) is 0 Å². The van der Waals surface area contributed by atoms with Crippen LogP contribution in [0.4, 0.5) is 0 Å². The smallest absolute Gasteiger partial charge is 0.242 e. The Kier molecular flexibility index (Phi) is 6.75. The zero-order valence-electron chi connectivity index (χ0n) is 20.7. The Morgan fingerprint density at radius 1 is 1.25 bits per heavy atom. The van der Waals surface area contributed by atoms with Crippen molar-refractivity contribution in [2.75, 3.05) is 6.54 Å². The van der Waals surface area contributed by atoms with Gasteiger partial charge in [0.2, 0.25) is 11.9 Å². The second-order valence-electron chi connectivity index (χ2n) is 9.22. The number of aromatic nitrogens is 5. The Balaban J connectivity index is 1.24. The average molecular weight is 486 g/mol. The van der Waals surface area contributed by atoms with Crippen LogP contribution in [0.15, 0.2) is 46.6 Å². The number of nitrogens with one attached hydrogen (secondary N) is 2. The molecule has 1 amide bonds. The first-order chi connectivity index (χ1) is 17.5. The van der Waals surface area contributed by atoms with Crippen molar-refractivity contribution >= 4 is 24.2 Å². The van der Waals surface area contributed by atoms with Crippen LogP contribution in [0.2, 0.25) is 0 Å². The maximum absolute atomic E-state index is 13.0. The zero-order chi connectivity index (χ0) is 25.1. The molecule has 0 unspecified atom stereocenters. The van der Waals surface area contributed by atoms with E-state index in [9.17, 15) is 4.79 Å². The van der Waals surface area contributed by atoms with E-state index in [0.29, 0.717) is 19.0 Å². The number of imidazole rings is 1. The number of carbonyl (C=O) groups is 1. The van der Waals surface area contributed by atoms with Gasteiger partial charge in [0, 0.05) is 31.8 Å². The van der Waals surface area contributed by atoms with Crippen molar-refractivity contribution in [1.82, 2.24) is 35.2 Å². The molecule has 36 heavy (non-hydrogen) atoms. The van der Waals surface area contributed by atoms with Gasteiger partial charge in [-0.25, -0.2) is 15.0 Å². The quantitative estimate of drug-likeness (QED) is 0.411. The van der Waals surface area contributed by atoms with E-state index >= 15 is 0 Å². The zero-order valence-corrected chi connectivity index (χ0v) is 20.7. The molecule has 10 nitrogen and oxygen atoms in total. The largest absolute Gasteiger partial charge is 0.335 e. The van der Waals surface area contributed by atoms with E-state index in [1.807, 2.05) is 35.7 Å². The molecule has 2 aliphatic rings. The van der Waals surface area contributed by atoms with Crippen molar-refractivity contribution in [3.8, 4) is 0 Å². The molecule has 5 rings (SSSR count). The molecule has 3 aromatic rings. The Bertz CT molecular complexity index is 1310. The summed E-state index contributed by atoms with van der Waals surface area (Å²) in [5.41, 5.74) is 6.21. The number of aliphatic imine (C=N–C) groups is 2. The number of H-pyrrole nitrogens is 1. The monoisotopic (exact) mass is 485 g/mol. The first-order valence-corrected chi connectivity index (χ1v) is 12.3. The molecule has 3 heterocycles. The number of hydrogen-bond acceptors (Lipinski definition) is 5. The molecule has 1 aromatic carbocycles. The summed E-state index contributed by atoms with van der Waals surface area (Å²) in [4.78, 5) is 28.4. The fourth-order valence-corrected chi connectivity index (χ4v) is 4.79. The lowest BCUT2D eigenvalue weighted by atomic mass is 10.1. The average Bonchev–Trinajstić information content (AvgIpc) is 3.63. The third kappa shape index (κ3) is 4.98. The minimum Gasteiger partial charge on any atom is -0.335 e. The number of carbonyl (C=O) groups excluding carboxylic acids is 1. The predicted molar refractivity (Wildman–Crippen MR) is 139 cm³/mol. The topological polar surface area (TPSA) is 116 Å². The number of fused-ring (bicyclic) bond motifs is 2. The van der Waals surface area contributed by atoms with Crippen LogP contribution < -0.4 is 5.32 Å². The number of benzene rings is 1. The fraction of sp³-hybridized carbons (Fsp3) is 0.385. The van der Waals surface area contributed by atoms with Gasteiger partial charge in [0.15, 0.2) is 0 Å². The summed E-state index contributed by atoms with van der Waals surface area (Å²) in [7, 11) is 0. The minimum absolute atomic E-state index is 0.0462. The van der Waals surface area contributed by atoms with E-state index < -0.39 is 0 Å². The molecule has 0 radical (unpaired) electrons. The second kappa shape index (κ2) is 10.3. The summed E-state index contributed by atoms with van der Waals surface area (Å²) in [6.07, 6.45) is 7.04. The van der Waals surface area contributed by atoms with Crippen LogP contribution in [0.25, 0.3) is 5.57 Å². The SMILES string of the molecule is C=NC(=NC1Cc2ccccc2C1)N/C=C(\C)c1cn(CC(=O)N2CCc3n[nH]nc3C2)c(CC)n1. The summed E-state index contributed by atoms with van der Waals surface area (Å²) < 4.78 is 1.93. The van der Waals surface area contributed by atoms with Gasteiger partial charge < -0.3 is 14.8 Å². The van der Waals surface area contributed by atoms with Gasteiger partial charge in [-0.2, -0.15) is 15.4 Å². The molecule has 0 fully saturated rings. The molecular weight excluding hydrogens is 454 g/mol. The van der Waals surface area contributed by atoms with Crippen LogP contribution in [0, 0.1) is 0 Å². The lowest BCUT2D eigenvalue weighted by Gasteiger charge is -2.25. The number of nitrogens with zero attached hydrogens (tertiary/aromatic N) is 7. The van der Waals surface area contributed by atoms with E-state index in [1.54, 1.807) is 0 Å². The predicted octanol–water partition coefficient (Wildman–Crippen LogP) is 2.32. The Labute approximate surface area is 210 Å². The molecule has 2 aromatic heterocycles. The van der Waals surface area contributed by atoms with Gasteiger partial charge in [-0.05, 0) is 43.2 Å². The summed E-state index contributed by atoms with van der Waals surface area (Å²) >= 11 is 0. The van der Waals surface area contributed by atoms with Crippen molar-refractivity contribution in [2.45, 2.75) is 58.7 Å². The molecule has 1 aliphatic heterocycles. The highest BCUT2D eigenvalue weighted by Crippen LogP contribution is 2.24. The molecule has 2 N–H and O–H groups in total. The molecule has 186 valence electrons. The highest BCUT2D eigenvalue weighted by molar-refractivity contribution is 5.86. The van der Waals surface area contributed by atoms with Crippen molar-refractivity contribution in [3.05, 3.63) is 70.7 Å². The molecule has 0 saturated heterocycles. The molecule has 1 aliphatic carbocycles. The first-order valence-electron chi connectivity index (χ1n) is 12.3. The maximum atomic E-state index is 13.0. The van der Waals surface area contributed by atoms with Crippen molar-refractivity contribution in [2.24, 2.45) is 9.98 Å². The molecule has 0 saturated carbocycles. The number of rotatable bonds is 6. The highest BCUT2D eigenvalue weighted by atomic mass is 16.2. The number of guanidine groups is 1. The van der Waals surface area contributed by atoms with Gasteiger partial charge in [0.1, 0.15) is 18.1 Å². The molecule has 0 spiro atoms. The molecule has 0 bridgehead atoms. The number of amides is 1. The second-order valence-corrected chi connectivity index (χ2v) is 9.22. The third-order valence-corrected chi connectivity index (χ3v) is 6.80. The summed E-state index contributed by atoms with van der Waals surface area (Å²) in [5.74, 6) is 1.41. The number of aryl methyl sites for hydroxylation is 1. The van der Waals surface area contributed by atoms with Gasteiger partial charge in [-0.1, -0.05) is 31.2 Å². The van der Waals surface area contributed by atoms with Crippen LogP contribution in [0.3, 0.4) is 0 Å². The summed E-state index contributed by atoms with van der Waals surface area (Å²) in [6.45, 7) is 9.07. The van der Waals surface area contributed by atoms with Crippen LogP contribution >= 0.6 is 0 Å². The van der Waals surface area contributed by atoms with Crippen LogP contribution in [-0.4, -0.2) is 61.0 Å². The lowest BCUT2D eigenvalue weighted by Crippen LogP contribution is -2.38. The van der Waals surface area contributed by atoms with Gasteiger partial charge in [0.05, 0.1) is 24.0 Å². The van der Waals surface area contributed by atoms with Gasteiger partial charge in [-0.15, -0.1) is 0 Å². The van der Waals surface area contributed by atoms with E-state index in [4.69, 9.17) is 9.98 Å². The summed E-state index contributed by atoms with van der Waals surface area (Å²) in [5, 5.41) is 14.1. The Hall–Kier alpha value is -4.08. The van der Waals surface area contributed by atoms with Crippen molar-refractivity contribution in [1.29, 1.82) is 0 Å². The normalized spacial score (nSPS) is 16.1. The van der Waals surface area contributed by atoms with E-state index in [2.05, 4.69) is 56.7 Å². The number of aromatic amines is 1. The van der Waals surface area contributed by atoms with Crippen LogP contribution in [0.1, 0.15) is 47.9 Å². The van der Waals surface area contributed by atoms with Gasteiger partial charge in [-0.3, -0.25) is 4.79 Å². The number of allylic oxidation sites excluding steroid dienone is 1. The molecule has 0 atom stereocenters. The third-order valence-electron chi connectivity index (χ3n) is 6.80. The van der Waals surface area contributed by atoms with Crippen molar-refractivity contribution in [3.63, 3.8) is 0 Å². The minimum atomic E-state index is 0.0462. The summed E-state index contributed by atoms with van der Waals surface area (Å²) in [6, 6.07) is 8.61. The number of hydrogen-bond donors (Lipinski definition) is 2. The molecule has 10 heteroatoms. The standard InChI is InChI=1S/C26H31N9O/c1-4-24-30-22(14-35(24)16-25(36)34-10-9-21-23(15-34)32-33-31-21)17(2)13-28-26(27-3)29-20-11-18-7-5-6-8-19(18)12-20/h5-8,13-14,20H,3-4,9-12,15-16H2,1-2H3,(H,28,29)(H,31,32,33)/b17-13+. The maximum Gasteiger partial charge on any atom is 0.242 e. The Morgan fingerprint density at radius 2 is 2.00 bits per heavy atom. The van der Waals surface area contributed by atoms with Gasteiger partial charge >= 0.3 is 0 Å². The van der Waals surface area contributed by atoms with Gasteiger partial charge in [0.25, 0.3) is 0 Å². The van der Waals surface area contributed by atoms with E-state index in [-0.39, 0.29) is 18.5 Å².